The van der Waals surface area contributed by atoms with Gasteiger partial charge in [-0.05, 0) is 34.1 Å². The Morgan fingerprint density at radius 3 is 2.56 bits per heavy atom. The van der Waals surface area contributed by atoms with Gasteiger partial charge < -0.3 is 10.2 Å². The van der Waals surface area contributed by atoms with Crippen molar-refractivity contribution >= 4 is 48.7 Å². The smallest absolute Gasteiger partial charge is 0.354 e. The molecule has 0 aliphatic carbocycles. The molecule has 0 amide bonds. The average molecular weight is 347 g/mol. The highest BCUT2D eigenvalue weighted by molar-refractivity contribution is 9.11. The van der Waals surface area contributed by atoms with Crippen molar-refractivity contribution in [2.24, 2.45) is 0 Å². The molecule has 1 aromatic carbocycles. The molecule has 0 aliphatic rings. The van der Waals surface area contributed by atoms with Crippen LogP contribution in [0.2, 0.25) is 0 Å². The number of phenols is 1. The SMILES string of the molecule is O=C(O)c1ccc2c(Br)cc(Br)c(O)c2n1. The number of hydrogen-bond acceptors (Lipinski definition) is 3. The second-order valence-corrected chi connectivity index (χ2v) is 4.80. The summed E-state index contributed by atoms with van der Waals surface area (Å²) in [5.74, 6) is -1.20. The number of aromatic hydroxyl groups is 1. The highest BCUT2D eigenvalue weighted by Gasteiger charge is 2.12. The second-order valence-electron chi connectivity index (χ2n) is 3.09. The van der Waals surface area contributed by atoms with Crippen molar-refractivity contribution in [2.45, 2.75) is 0 Å². The lowest BCUT2D eigenvalue weighted by atomic mass is 10.2. The van der Waals surface area contributed by atoms with Gasteiger partial charge in [-0.15, -0.1) is 0 Å². The van der Waals surface area contributed by atoms with Gasteiger partial charge in [-0.2, -0.15) is 0 Å². The summed E-state index contributed by atoms with van der Waals surface area (Å²) in [6.45, 7) is 0. The summed E-state index contributed by atoms with van der Waals surface area (Å²) in [5, 5.41) is 19.2. The Balaban J connectivity index is 2.86. The quantitative estimate of drug-likeness (QED) is 0.832. The molecule has 4 nitrogen and oxygen atoms in total. The van der Waals surface area contributed by atoms with Crippen LogP contribution in [0.1, 0.15) is 10.5 Å². The summed E-state index contributed by atoms with van der Waals surface area (Å²) < 4.78 is 1.19. The molecule has 0 unspecified atom stereocenters. The van der Waals surface area contributed by atoms with Crippen LogP contribution in [-0.2, 0) is 0 Å². The first kappa shape index (κ1) is 11.3. The zero-order valence-corrected chi connectivity index (χ0v) is 10.9. The van der Waals surface area contributed by atoms with E-state index in [4.69, 9.17) is 5.11 Å². The second kappa shape index (κ2) is 4.03. The minimum atomic E-state index is -1.13. The molecule has 82 valence electrons. The fourth-order valence-electron chi connectivity index (χ4n) is 1.32. The molecule has 0 fully saturated rings. The molecular formula is C10H5Br2NO3. The standard InChI is InChI=1S/C10H5Br2NO3/c11-5-3-6(12)9(14)8-4(5)1-2-7(13-8)10(15)16/h1-3,14H,(H,15,16). The van der Waals surface area contributed by atoms with Gasteiger partial charge in [0.15, 0.2) is 5.75 Å². The molecule has 0 spiro atoms. The predicted octanol–water partition coefficient (Wildman–Crippen LogP) is 3.16. The molecule has 6 heteroatoms. The van der Waals surface area contributed by atoms with Gasteiger partial charge in [-0.3, -0.25) is 0 Å². The van der Waals surface area contributed by atoms with Crippen LogP contribution in [0.25, 0.3) is 10.9 Å². The summed E-state index contributed by atoms with van der Waals surface area (Å²) in [7, 11) is 0. The number of halogens is 2. The van der Waals surface area contributed by atoms with E-state index in [0.29, 0.717) is 9.86 Å². The number of rotatable bonds is 1. The lowest BCUT2D eigenvalue weighted by Crippen LogP contribution is -2.00. The summed E-state index contributed by atoms with van der Waals surface area (Å²) in [4.78, 5) is 14.6. The number of carboxylic acid groups (broad SMARTS) is 1. The normalized spacial score (nSPS) is 10.6. The summed E-state index contributed by atoms with van der Waals surface area (Å²) >= 11 is 6.48. The van der Waals surface area contributed by atoms with Gasteiger partial charge in [0, 0.05) is 9.86 Å². The minimum absolute atomic E-state index is 0.0682. The van der Waals surface area contributed by atoms with Gasteiger partial charge in [0.25, 0.3) is 0 Å². The average Bonchev–Trinajstić information content (AvgIpc) is 2.25. The van der Waals surface area contributed by atoms with Crippen LogP contribution in [0.15, 0.2) is 27.1 Å². The summed E-state index contributed by atoms with van der Waals surface area (Å²) in [6, 6.07) is 4.67. The monoisotopic (exact) mass is 345 g/mol. The largest absolute Gasteiger partial charge is 0.505 e. The van der Waals surface area contributed by atoms with Crippen LogP contribution < -0.4 is 0 Å². The van der Waals surface area contributed by atoms with Crippen molar-refractivity contribution in [1.29, 1.82) is 0 Å². The van der Waals surface area contributed by atoms with Gasteiger partial charge in [0.2, 0.25) is 0 Å². The summed E-state index contributed by atoms with van der Waals surface area (Å²) in [6.07, 6.45) is 0. The Bertz CT molecular complexity index is 598. The number of benzene rings is 1. The molecule has 1 aromatic heterocycles. The molecule has 2 aromatic rings. The van der Waals surface area contributed by atoms with E-state index >= 15 is 0 Å². The van der Waals surface area contributed by atoms with E-state index in [1.807, 2.05) is 0 Å². The van der Waals surface area contributed by atoms with Crippen LogP contribution in [-0.4, -0.2) is 21.2 Å². The summed E-state index contributed by atoms with van der Waals surface area (Å²) in [5.41, 5.74) is 0.147. The first-order valence-electron chi connectivity index (χ1n) is 4.21. The number of nitrogens with zero attached hydrogens (tertiary/aromatic N) is 1. The molecule has 0 radical (unpaired) electrons. The predicted molar refractivity (Wildman–Crippen MR) is 65.8 cm³/mol. The number of hydrogen-bond donors (Lipinski definition) is 2. The molecule has 0 aliphatic heterocycles. The number of carboxylic acids is 1. The van der Waals surface area contributed by atoms with E-state index in [2.05, 4.69) is 36.8 Å². The maximum atomic E-state index is 10.8. The van der Waals surface area contributed by atoms with Gasteiger partial charge >= 0.3 is 5.97 Å². The minimum Gasteiger partial charge on any atom is -0.505 e. The van der Waals surface area contributed by atoms with E-state index < -0.39 is 5.97 Å². The molecule has 2 rings (SSSR count). The highest BCUT2D eigenvalue weighted by atomic mass is 79.9. The molecule has 2 N–H and O–H groups in total. The number of pyridine rings is 1. The third-order valence-electron chi connectivity index (χ3n) is 2.08. The third-order valence-corrected chi connectivity index (χ3v) is 3.34. The Morgan fingerprint density at radius 1 is 1.25 bits per heavy atom. The maximum absolute atomic E-state index is 10.8. The van der Waals surface area contributed by atoms with Crippen LogP contribution in [0.3, 0.4) is 0 Å². The lowest BCUT2D eigenvalue weighted by molar-refractivity contribution is 0.0691. The Morgan fingerprint density at radius 2 is 1.94 bits per heavy atom. The first-order valence-corrected chi connectivity index (χ1v) is 5.80. The molecule has 16 heavy (non-hydrogen) atoms. The number of fused-ring (bicyclic) bond motifs is 1. The highest BCUT2D eigenvalue weighted by Crippen LogP contribution is 2.36. The van der Waals surface area contributed by atoms with Crippen molar-refractivity contribution < 1.29 is 15.0 Å². The molecule has 0 saturated carbocycles. The Hall–Kier alpha value is -1.14. The topological polar surface area (TPSA) is 70.4 Å². The molecule has 1 heterocycles. The van der Waals surface area contributed by atoms with Crippen molar-refractivity contribution in [2.75, 3.05) is 0 Å². The van der Waals surface area contributed by atoms with Gasteiger partial charge in [-0.25, -0.2) is 9.78 Å². The fourth-order valence-corrected chi connectivity index (χ4v) is 2.59. The van der Waals surface area contributed by atoms with Crippen molar-refractivity contribution in [3.05, 3.63) is 32.8 Å². The van der Waals surface area contributed by atoms with E-state index in [1.165, 1.54) is 6.07 Å². The van der Waals surface area contributed by atoms with Gasteiger partial charge in [-0.1, -0.05) is 15.9 Å². The third kappa shape index (κ3) is 1.78. The van der Waals surface area contributed by atoms with Crippen LogP contribution in [0.4, 0.5) is 0 Å². The van der Waals surface area contributed by atoms with Gasteiger partial charge in [0.1, 0.15) is 11.2 Å². The molecule has 0 atom stereocenters. The Kier molecular flexibility index (Phi) is 2.86. The van der Waals surface area contributed by atoms with E-state index in [9.17, 15) is 9.90 Å². The Labute approximate surface area is 107 Å². The zero-order chi connectivity index (χ0) is 11.9. The van der Waals surface area contributed by atoms with Gasteiger partial charge in [0.05, 0.1) is 4.47 Å². The van der Waals surface area contributed by atoms with Crippen LogP contribution in [0.5, 0.6) is 5.75 Å². The number of carbonyl (C=O) groups is 1. The van der Waals surface area contributed by atoms with E-state index in [0.717, 1.165) is 4.47 Å². The van der Waals surface area contributed by atoms with Crippen molar-refractivity contribution in [3.63, 3.8) is 0 Å². The van der Waals surface area contributed by atoms with Crippen molar-refractivity contribution in [3.8, 4) is 5.75 Å². The molecule has 0 saturated heterocycles. The molecular weight excluding hydrogens is 342 g/mol. The number of phenolic OH excluding ortho intramolecular Hbond substituents is 1. The van der Waals surface area contributed by atoms with Crippen LogP contribution in [0, 0.1) is 0 Å². The zero-order valence-electron chi connectivity index (χ0n) is 7.74. The van der Waals surface area contributed by atoms with E-state index in [1.54, 1.807) is 12.1 Å². The molecule has 0 bridgehead atoms. The maximum Gasteiger partial charge on any atom is 0.354 e. The van der Waals surface area contributed by atoms with Crippen molar-refractivity contribution in [1.82, 2.24) is 4.98 Å². The number of aromatic carboxylic acids is 1. The lowest BCUT2D eigenvalue weighted by Gasteiger charge is -2.05. The fraction of sp³-hybridized carbons (Fsp3) is 0. The first-order chi connectivity index (χ1) is 7.50. The van der Waals surface area contributed by atoms with Crippen LogP contribution >= 0.6 is 31.9 Å². The number of aromatic nitrogens is 1. The van der Waals surface area contributed by atoms with E-state index in [-0.39, 0.29) is 17.0 Å².